The van der Waals surface area contributed by atoms with Gasteiger partial charge in [0.25, 0.3) is 0 Å². The van der Waals surface area contributed by atoms with E-state index in [1.165, 1.54) is 0 Å². The second-order valence-electron chi connectivity index (χ2n) is 3.87. The summed E-state index contributed by atoms with van der Waals surface area (Å²) in [5, 5.41) is -0.259. The fourth-order valence-corrected chi connectivity index (χ4v) is 2.28. The first-order valence-electron chi connectivity index (χ1n) is 5.22. The van der Waals surface area contributed by atoms with Gasteiger partial charge in [0.05, 0.1) is 7.11 Å². The van der Waals surface area contributed by atoms with Gasteiger partial charge in [0.1, 0.15) is 5.75 Å². The highest BCUT2D eigenvalue weighted by molar-refractivity contribution is 6.64. The van der Waals surface area contributed by atoms with Crippen LogP contribution >= 0.6 is 11.6 Å². The first-order chi connectivity index (χ1) is 7.72. The summed E-state index contributed by atoms with van der Waals surface area (Å²) < 4.78 is 5.10. The van der Waals surface area contributed by atoms with Gasteiger partial charge in [-0.3, -0.25) is 4.79 Å². The van der Waals surface area contributed by atoms with Crippen LogP contribution in [0.15, 0.2) is 36.4 Å². The molecular weight excluding hydrogens is 224 g/mol. The average Bonchev–Trinajstić information content (AvgIpc) is 2.78. The van der Waals surface area contributed by atoms with Gasteiger partial charge >= 0.3 is 0 Å². The summed E-state index contributed by atoms with van der Waals surface area (Å²) in [6.07, 6.45) is 4.80. The molecule has 1 aliphatic rings. The third-order valence-corrected chi connectivity index (χ3v) is 3.24. The molecule has 2 unspecified atom stereocenters. The van der Waals surface area contributed by atoms with Crippen molar-refractivity contribution in [3.63, 3.8) is 0 Å². The third kappa shape index (κ3) is 2.12. The Bertz CT molecular complexity index is 408. The molecule has 1 aliphatic carbocycles. The van der Waals surface area contributed by atoms with E-state index in [4.69, 9.17) is 16.3 Å². The van der Waals surface area contributed by atoms with E-state index >= 15 is 0 Å². The topological polar surface area (TPSA) is 26.3 Å². The number of benzene rings is 1. The highest BCUT2D eigenvalue weighted by Gasteiger charge is 2.29. The van der Waals surface area contributed by atoms with E-state index in [9.17, 15) is 4.79 Å². The standard InChI is InChI=1S/C13H13ClO2/c1-16-10-7-5-9(6-8-10)11-3-2-4-12(11)13(14)15/h2-3,5-8,11-12H,4H2,1H3. The maximum absolute atomic E-state index is 11.3. The quantitative estimate of drug-likeness (QED) is 0.595. The molecule has 3 heteroatoms. The van der Waals surface area contributed by atoms with Crippen molar-refractivity contribution in [2.24, 2.45) is 5.92 Å². The van der Waals surface area contributed by atoms with Crippen LogP contribution in [0.1, 0.15) is 17.9 Å². The lowest BCUT2D eigenvalue weighted by Gasteiger charge is -2.16. The molecule has 0 amide bonds. The van der Waals surface area contributed by atoms with E-state index in [1.807, 2.05) is 36.4 Å². The summed E-state index contributed by atoms with van der Waals surface area (Å²) >= 11 is 5.58. The Balaban J connectivity index is 2.22. The number of halogens is 1. The Labute approximate surface area is 99.9 Å². The lowest BCUT2D eigenvalue weighted by molar-refractivity contribution is -0.115. The van der Waals surface area contributed by atoms with Gasteiger partial charge in [-0.25, -0.2) is 0 Å². The number of hydrogen-bond donors (Lipinski definition) is 0. The van der Waals surface area contributed by atoms with Gasteiger partial charge in [-0.2, -0.15) is 0 Å². The Morgan fingerprint density at radius 2 is 2.06 bits per heavy atom. The SMILES string of the molecule is COc1ccc(C2C=CCC2C(=O)Cl)cc1. The monoisotopic (exact) mass is 236 g/mol. The van der Waals surface area contributed by atoms with Crippen LogP contribution in [-0.2, 0) is 4.79 Å². The molecule has 0 heterocycles. The largest absolute Gasteiger partial charge is 0.497 e. The Hall–Kier alpha value is -1.28. The average molecular weight is 237 g/mol. The highest BCUT2D eigenvalue weighted by atomic mass is 35.5. The van der Waals surface area contributed by atoms with Crippen molar-refractivity contribution >= 4 is 16.8 Å². The summed E-state index contributed by atoms with van der Waals surface area (Å²) in [4.78, 5) is 11.3. The fraction of sp³-hybridized carbons (Fsp3) is 0.308. The van der Waals surface area contributed by atoms with Crippen molar-refractivity contribution in [2.75, 3.05) is 7.11 Å². The summed E-state index contributed by atoms with van der Waals surface area (Å²) in [7, 11) is 1.63. The molecule has 84 valence electrons. The zero-order valence-corrected chi connectivity index (χ0v) is 9.78. The smallest absolute Gasteiger partial charge is 0.225 e. The first kappa shape index (κ1) is 11.2. The fourth-order valence-electron chi connectivity index (χ4n) is 2.06. The van der Waals surface area contributed by atoms with E-state index in [1.54, 1.807) is 7.11 Å². The molecule has 2 rings (SSSR count). The molecule has 2 atom stereocenters. The number of methoxy groups -OCH3 is 1. The number of hydrogen-bond acceptors (Lipinski definition) is 2. The maximum atomic E-state index is 11.3. The third-order valence-electron chi connectivity index (χ3n) is 2.96. The maximum Gasteiger partial charge on any atom is 0.225 e. The number of carbonyl (C=O) groups is 1. The summed E-state index contributed by atoms with van der Waals surface area (Å²) in [6.45, 7) is 0. The van der Waals surface area contributed by atoms with Gasteiger partial charge in [-0.05, 0) is 35.7 Å². The van der Waals surface area contributed by atoms with Crippen molar-refractivity contribution in [3.05, 3.63) is 42.0 Å². The van der Waals surface area contributed by atoms with Crippen LogP contribution in [-0.4, -0.2) is 12.4 Å². The summed E-state index contributed by atoms with van der Waals surface area (Å²) in [6, 6.07) is 7.76. The van der Waals surface area contributed by atoms with Gasteiger partial charge in [0.2, 0.25) is 5.24 Å². The minimum atomic E-state index is -0.259. The van der Waals surface area contributed by atoms with Crippen LogP contribution in [0.5, 0.6) is 5.75 Å². The molecule has 0 bridgehead atoms. The predicted octanol–water partition coefficient (Wildman–Crippen LogP) is 3.12. The summed E-state index contributed by atoms with van der Waals surface area (Å²) in [5.74, 6) is 0.811. The van der Waals surface area contributed by atoms with Crippen molar-refractivity contribution in [1.29, 1.82) is 0 Å². The van der Waals surface area contributed by atoms with Crippen molar-refractivity contribution in [2.45, 2.75) is 12.3 Å². The number of allylic oxidation sites excluding steroid dienone is 2. The molecule has 1 aromatic rings. The van der Waals surface area contributed by atoms with Crippen LogP contribution in [0, 0.1) is 5.92 Å². The van der Waals surface area contributed by atoms with Gasteiger partial charge in [0, 0.05) is 11.8 Å². The van der Waals surface area contributed by atoms with Gasteiger partial charge in [-0.15, -0.1) is 0 Å². The number of carbonyl (C=O) groups excluding carboxylic acids is 1. The number of rotatable bonds is 3. The van der Waals surface area contributed by atoms with E-state index in [2.05, 4.69) is 0 Å². The molecule has 0 saturated heterocycles. The second kappa shape index (κ2) is 4.71. The predicted molar refractivity (Wildman–Crippen MR) is 63.8 cm³/mol. The van der Waals surface area contributed by atoms with Gasteiger partial charge < -0.3 is 4.74 Å². The second-order valence-corrected chi connectivity index (χ2v) is 4.25. The Kier molecular flexibility index (Phi) is 3.30. The van der Waals surface area contributed by atoms with E-state index in [0.717, 1.165) is 17.7 Å². The van der Waals surface area contributed by atoms with Crippen LogP contribution in [0.4, 0.5) is 0 Å². The molecule has 0 N–H and O–H groups in total. The lowest BCUT2D eigenvalue weighted by Crippen LogP contribution is -2.13. The molecule has 0 saturated carbocycles. The highest BCUT2D eigenvalue weighted by Crippen LogP contribution is 2.36. The van der Waals surface area contributed by atoms with Gasteiger partial charge in [-0.1, -0.05) is 24.3 Å². The van der Waals surface area contributed by atoms with Crippen LogP contribution in [0.2, 0.25) is 0 Å². The zero-order valence-electron chi connectivity index (χ0n) is 9.02. The molecule has 16 heavy (non-hydrogen) atoms. The van der Waals surface area contributed by atoms with Crippen LogP contribution in [0.25, 0.3) is 0 Å². The van der Waals surface area contributed by atoms with Crippen LogP contribution < -0.4 is 4.74 Å². The Morgan fingerprint density at radius 3 is 2.62 bits per heavy atom. The normalized spacial score (nSPS) is 23.4. The van der Waals surface area contributed by atoms with Crippen molar-refractivity contribution in [3.8, 4) is 5.75 Å². The van der Waals surface area contributed by atoms with Crippen molar-refractivity contribution < 1.29 is 9.53 Å². The minimum Gasteiger partial charge on any atom is -0.497 e. The van der Waals surface area contributed by atoms with E-state index < -0.39 is 0 Å². The zero-order chi connectivity index (χ0) is 11.5. The Morgan fingerprint density at radius 1 is 1.38 bits per heavy atom. The van der Waals surface area contributed by atoms with E-state index in [0.29, 0.717) is 0 Å². The molecule has 0 radical (unpaired) electrons. The van der Waals surface area contributed by atoms with E-state index in [-0.39, 0.29) is 17.1 Å². The summed E-state index contributed by atoms with van der Waals surface area (Å²) in [5.41, 5.74) is 1.11. The molecule has 0 aliphatic heterocycles. The first-order valence-corrected chi connectivity index (χ1v) is 5.60. The van der Waals surface area contributed by atoms with Crippen molar-refractivity contribution in [1.82, 2.24) is 0 Å². The molecule has 0 aromatic heterocycles. The molecule has 1 aromatic carbocycles. The molecule has 0 fully saturated rings. The molecule has 0 spiro atoms. The van der Waals surface area contributed by atoms with Gasteiger partial charge in [0.15, 0.2) is 0 Å². The molecule has 2 nitrogen and oxygen atoms in total. The lowest BCUT2D eigenvalue weighted by atomic mass is 9.90. The minimum absolute atomic E-state index is 0.107. The number of ether oxygens (including phenoxy) is 1. The van der Waals surface area contributed by atoms with Crippen LogP contribution in [0.3, 0.4) is 0 Å². The molecular formula is C13H13ClO2.